The lowest BCUT2D eigenvalue weighted by molar-refractivity contribution is -0.149. The van der Waals surface area contributed by atoms with Gasteiger partial charge in [0, 0.05) is 18.3 Å². The highest BCUT2D eigenvalue weighted by atomic mass is 16.4. The van der Waals surface area contributed by atoms with E-state index in [1.807, 2.05) is 13.8 Å². The van der Waals surface area contributed by atoms with Crippen molar-refractivity contribution in [1.29, 1.82) is 0 Å². The van der Waals surface area contributed by atoms with Crippen molar-refractivity contribution in [2.24, 2.45) is 5.41 Å². The molecule has 0 radical (unpaired) electrons. The summed E-state index contributed by atoms with van der Waals surface area (Å²) in [5.74, 6) is -1.19. The largest absolute Gasteiger partial charge is 0.481 e. The van der Waals surface area contributed by atoms with Crippen LogP contribution < -0.4 is 11.1 Å². The number of anilines is 1. The quantitative estimate of drug-likeness (QED) is 0.530. The molecule has 1 amide bonds. The topological polar surface area (TPSA) is 92.4 Å². The molecular weight excluding hydrogens is 268 g/mol. The molecule has 0 aliphatic carbocycles. The molecule has 0 bridgehead atoms. The summed E-state index contributed by atoms with van der Waals surface area (Å²) in [7, 11) is 0. The summed E-state index contributed by atoms with van der Waals surface area (Å²) >= 11 is 0. The molecule has 0 fully saturated rings. The number of hydrogen-bond acceptors (Lipinski definition) is 3. The molecule has 5 heteroatoms. The highest BCUT2D eigenvalue weighted by Crippen LogP contribution is 2.25. The SMILES string of the molecule is CCC(CC)(CNC(=O)/C=C/c1ccc(N)cc1)C(=O)O. The molecule has 0 unspecified atom stereocenters. The normalized spacial score (nSPS) is 11.5. The van der Waals surface area contributed by atoms with Gasteiger partial charge in [0.05, 0.1) is 5.41 Å². The lowest BCUT2D eigenvalue weighted by Gasteiger charge is -2.26. The van der Waals surface area contributed by atoms with Gasteiger partial charge in [-0.1, -0.05) is 26.0 Å². The fraction of sp³-hybridized carbons (Fsp3) is 0.375. The first kappa shape index (κ1) is 16.8. The first-order valence-electron chi connectivity index (χ1n) is 6.98. The second-order valence-corrected chi connectivity index (χ2v) is 5.01. The number of nitrogen functional groups attached to an aromatic ring is 1. The highest BCUT2D eigenvalue weighted by molar-refractivity contribution is 5.92. The molecule has 0 heterocycles. The Labute approximate surface area is 124 Å². The number of amides is 1. The van der Waals surface area contributed by atoms with Crippen LogP contribution in [0.4, 0.5) is 5.69 Å². The number of carbonyl (C=O) groups is 2. The number of hydrogen-bond donors (Lipinski definition) is 3. The number of carboxylic acids is 1. The van der Waals surface area contributed by atoms with Crippen LogP contribution in [0.5, 0.6) is 0 Å². The summed E-state index contributed by atoms with van der Waals surface area (Å²) < 4.78 is 0. The molecular formula is C16H22N2O3. The third kappa shape index (κ3) is 4.63. The summed E-state index contributed by atoms with van der Waals surface area (Å²) in [6.07, 6.45) is 4.00. The third-order valence-corrected chi connectivity index (χ3v) is 3.77. The summed E-state index contributed by atoms with van der Waals surface area (Å²) in [6, 6.07) is 7.11. The van der Waals surface area contributed by atoms with Gasteiger partial charge in [-0.25, -0.2) is 0 Å². The zero-order chi connectivity index (χ0) is 15.9. The molecule has 1 aromatic rings. The van der Waals surface area contributed by atoms with E-state index in [0.29, 0.717) is 18.5 Å². The Morgan fingerprint density at radius 2 is 1.81 bits per heavy atom. The van der Waals surface area contributed by atoms with Crippen molar-refractivity contribution in [3.8, 4) is 0 Å². The van der Waals surface area contributed by atoms with Crippen LogP contribution in [0, 0.1) is 5.41 Å². The van der Waals surface area contributed by atoms with Crippen molar-refractivity contribution >= 4 is 23.6 Å². The summed E-state index contributed by atoms with van der Waals surface area (Å²) in [5.41, 5.74) is 6.20. The Bertz CT molecular complexity index is 517. The van der Waals surface area contributed by atoms with Gasteiger partial charge < -0.3 is 16.2 Å². The average Bonchev–Trinajstić information content (AvgIpc) is 2.48. The minimum Gasteiger partial charge on any atom is -0.481 e. The van der Waals surface area contributed by atoms with Crippen LogP contribution >= 0.6 is 0 Å². The molecule has 0 saturated carbocycles. The molecule has 0 spiro atoms. The molecule has 0 aliphatic heterocycles. The van der Waals surface area contributed by atoms with Crippen LogP contribution in [0.25, 0.3) is 6.08 Å². The maximum absolute atomic E-state index is 11.8. The lowest BCUT2D eigenvalue weighted by atomic mass is 9.82. The Kier molecular flexibility index (Phi) is 5.96. The number of nitrogens with one attached hydrogen (secondary N) is 1. The van der Waals surface area contributed by atoms with E-state index in [4.69, 9.17) is 5.73 Å². The molecule has 114 valence electrons. The number of carboxylic acid groups (broad SMARTS) is 1. The number of carbonyl (C=O) groups excluding carboxylic acids is 1. The van der Waals surface area contributed by atoms with Crippen LogP contribution in [0.3, 0.4) is 0 Å². The second kappa shape index (κ2) is 7.47. The van der Waals surface area contributed by atoms with E-state index < -0.39 is 11.4 Å². The van der Waals surface area contributed by atoms with Gasteiger partial charge in [-0.2, -0.15) is 0 Å². The predicted octanol–water partition coefficient (Wildman–Crippen LogP) is 2.29. The Hall–Kier alpha value is -2.30. The van der Waals surface area contributed by atoms with Gasteiger partial charge in [0.2, 0.25) is 5.91 Å². The van der Waals surface area contributed by atoms with Crippen LogP contribution in [0.15, 0.2) is 30.3 Å². The van der Waals surface area contributed by atoms with Crippen molar-refractivity contribution < 1.29 is 14.7 Å². The monoisotopic (exact) mass is 290 g/mol. The summed E-state index contributed by atoms with van der Waals surface area (Å²) in [4.78, 5) is 23.1. The first-order valence-corrected chi connectivity index (χ1v) is 6.98. The molecule has 0 aromatic heterocycles. The minimum atomic E-state index is -0.898. The van der Waals surface area contributed by atoms with E-state index >= 15 is 0 Å². The van der Waals surface area contributed by atoms with Gasteiger partial charge in [-0.15, -0.1) is 0 Å². The van der Waals surface area contributed by atoms with Gasteiger partial charge >= 0.3 is 5.97 Å². The molecule has 0 saturated heterocycles. The van der Waals surface area contributed by atoms with Crippen LogP contribution in [-0.2, 0) is 9.59 Å². The maximum atomic E-state index is 11.8. The summed E-state index contributed by atoms with van der Waals surface area (Å²) in [5, 5.41) is 11.9. The fourth-order valence-electron chi connectivity index (χ4n) is 1.97. The Morgan fingerprint density at radius 1 is 1.24 bits per heavy atom. The molecule has 0 aliphatic rings. The van der Waals surface area contributed by atoms with Crippen molar-refractivity contribution in [3.05, 3.63) is 35.9 Å². The molecule has 21 heavy (non-hydrogen) atoms. The zero-order valence-electron chi connectivity index (χ0n) is 12.4. The number of nitrogens with two attached hydrogens (primary N) is 1. The minimum absolute atomic E-state index is 0.125. The van der Waals surface area contributed by atoms with Gasteiger partial charge in [0.1, 0.15) is 0 Å². The molecule has 5 nitrogen and oxygen atoms in total. The number of aliphatic carboxylic acids is 1. The van der Waals surface area contributed by atoms with E-state index in [1.54, 1.807) is 30.3 Å². The Balaban J connectivity index is 2.61. The van der Waals surface area contributed by atoms with E-state index in [2.05, 4.69) is 5.32 Å². The van der Waals surface area contributed by atoms with Crippen LogP contribution in [-0.4, -0.2) is 23.5 Å². The zero-order valence-corrected chi connectivity index (χ0v) is 12.4. The number of benzene rings is 1. The van der Waals surface area contributed by atoms with Crippen molar-refractivity contribution in [3.63, 3.8) is 0 Å². The predicted molar refractivity (Wildman–Crippen MR) is 83.5 cm³/mol. The molecule has 0 atom stereocenters. The van der Waals surface area contributed by atoms with Gasteiger partial charge in [0.25, 0.3) is 0 Å². The fourth-order valence-corrected chi connectivity index (χ4v) is 1.97. The van der Waals surface area contributed by atoms with E-state index in [0.717, 1.165) is 5.56 Å². The molecule has 1 rings (SSSR count). The smallest absolute Gasteiger partial charge is 0.311 e. The average molecular weight is 290 g/mol. The summed E-state index contributed by atoms with van der Waals surface area (Å²) in [6.45, 7) is 3.75. The van der Waals surface area contributed by atoms with Gasteiger partial charge in [0.15, 0.2) is 0 Å². The van der Waals surface area contributed by atoms with Crippen molar-refractivity contribution in [1.82, 2.24) is 5.32 Å². The van der Waals surface area contributed by atoms with E-state index in [9.17, 15) is 14.7 Å². The van der Waals surface area contributed by atoms with Crippen LogP contribution in [0.2, 0.25) is 0 Å². The van der Waals surface area contributed by atoms with E-state index in [1.165, 1.54) is 6.08 Å². The van der Waals surface area contributed by atoms with Crippen LogP contribution in [0.1, 0.15) is 32.3 Å². The molecule has 1 aromatic carbocycles. The highest BCUT2D eigenvalue weighted by Gasteiger charge is 2.34. The van der Waals surface area contributed by atoms with Gasteiger partial charge in [-0.3, -0.25) is 9.59 Å². The lowest BCUT2D eigenvalue weighted by Crippen LogP contribution is -2.41. The van der Waals surface area contributed by atoms with Gasteiger partial charge in [-0.05, 0) is 36.6 Å². The van der Waals surface area contributed by atoms with Crippen molar-refractivity contribution in [2.45, 2.75) is 26.7 Å². The molecule has 4 N–H and O–H groups in total. The Morgan fingerprint density at radius 3 is 2.29 bits per heavy atom. The number of rotatable bonds is 7. The standard InChI is InChI=1S/C16H22N2O3/c1-3-16(4-2,15(20)21)11-18-14(19)10-7-12-5-8-13(17)9-6-12/h5-10H,3-4,11,17H2,1-2H3,(H,18,19)(H,20,21)/b10-7+. The maximum Gasteiger partial charge on any atom is 0.311 e. The van der Waals surface area contributed by atoms with Crippen molar-refractivity contribution in [2.75, 3.05) is 12.3 Å². The second-order valence-electron chi connectivity index (χ2n) is 5.01. The third-order valence-electron chi connectivity index (χ3n) is 3.77. The van der Waals surface area contributed by atoms with E-state index in [-0.39, 0.29) is 12.5 Å². The first-order chi connectivity index (χ1) is 9.93.